The van der Waals surface area contributed by atoms with E-state index in [9.17, 15) is 0 Å². The molecule has 0 amide bonds. The third-order valence-corrected chi connectivity index (χ3v) is 3.99. The van der Waals surface area contributed by atoms with Crippen molar-refractivity contribution in [1.82, 2.24) is 5.32 Å². The first-order valence-corrected chi connectivity index (χ1v) is 8.94. The Morgan fingerprint density at radius 2 is 1.85 bits per heavy atom. The van der Waals surface area contributed by atoms with Gasteiger partial charge in [0, 0.05) is 24.0 Å². The monoisotopic (exact) mass is 399 g/mol. The Morgan fingerprint density at radius 3 is 2.58 bits per heavy atom. The summed E-state index contributed by atoms with van der Waals surface area (Å²) in [6, 6.07) is 16.0. The van der Waals surface area contributed by atoms with Crippen LogP contribution in [0.3, 0.4) is 0 Å². The number of nitrogens with one attached hydrogen (secondary N) is 1. The lowest BCUT2D eigenvalue weighted by Gasteiger charge is -2.13. The minimum atomic E-state index is 0. The number of rotatable bonds is 11. The molecule has 0 saturated heterocycles. The molecule has 0 aliphatic carbocycles. The van der Waals surface area contributed by atoms with Crippen LogP contribution in [-0.4, -0.2) is 44.1 Å². The zero-order valence-electron chi connectivity index (χ0n) is 15.0. The van der Waals surface area contributed by atoms with Crippen LogP contribution in [-0.2, 0) is 11.2 Å². The second kappa shape index (κ2) is 13.0. The summed E-state index contributed by atoms with van der Waals surface area (Å²) in [6.45, 7) is 4.36. The number of aliphatic hydroxyl groups is 1. The molecule has 2 aromatic rings. The van der Waals surface area contributed by atoms with Gasteiger partial charge in [0.15, 0.2) is 0 Å². The highest BCUT2D eigenvalue weighted by Crippen LogP contribution is 2.25. The van der Waals surface area contributed by atoms with E-state index in [1.165, 1.54) is 5.56 Å². The third kappa shape index (κ3) is 8.39. The third-order valence-electron chi connectivity index (χ3n) is 3.76. The fourth-order valence-corrected chi connectivity index (χ4v) is 2.59. The second-order valence-corrected chi connectivity index (χ2v) is 6.35. The van der Waals surface area contributed by atoms with Gasteiger partial charge in [-0.15, -0.1) is 12.4 Å². The summed E-state index contributed by atoms with van der Waals surface area (Å²) in [5, 5.41) is 12.8. The minimum absolute atomic E-state index is 0. The molecule has 1 atom stereocenters. The molecule has 0 fully saturated rings. The van der Waals surface area contributed by atoms with Crippen molar-refractivity contribution in [3.05, 3.63) is 64.7 Å². The van der Waals surface area contributed by atoms with E-state index in [2.05, 4.69) is 17.4 Å². The maximum Gasteiger partial charge on any atom is 0.123 e. The zero-order chi connectivity index (χ0) is 17.9. The van der Waals surface area contributed by atoms with Crippen LogP contribution in [0.15, 0.2) is 48.5 Å². The number of hydrogen-bond donors (Lipinski definition) is 2. The topological polar surface area (TPSA) is 50.7 Å². The van der Waals surface area contributed by atoms with Crippen LogP contribution in [0.5, 0.6) is 5.75 Å². The van der Waals surface area contributed by atoms with Crippen molar-refractivity contribution in [1.29, 1.82) is 0 Å². The summed E-state index contributed by atoms with van der Waals surface area (Å²) in [4.78, 5) is 0. The maximum atomic E-state index is 8.92. The fourth-order valence-electron chi connectivity index (χ4n) is 2.40. The molecule has 4 nitrogen and oxygen atoms in total. The number of halogens is 2. The summed E-state index contributed by atoms with van der Waals surface area (Å²) in [5.41, 5.74) is 2.28. The van der Waals surface area contributed by atoms with Crippen LogP contribution < -0.4 is 10.1 Å². The minimum Gasteiger partial charge on any atom is -0.491 e. The van der Waals surface area contributed by atoms with Crippen molar-refractivity contribution < 1.29 is 14.6 Å². The molecule has 1 unspecified atom stereocenters. The van der Waals surface area contributed by atoms with E-state index in [4.69, 9.17) is 26.2 Å². The lowest BCUT2D eigenvalue weighted by Crippen LogP contribution is -2.32. The van der Waals surface area contributed by atoms with Crippen molar-refractivity contribution >= 4 is 24.0 Å². The number of benzene rings is 2. The van der Waals surface area contributed by atoms with E-state index >= 15 is 0 Å². The number of aliphatic hydroxyl groups excluding tert-OH is 1. The molecular weight excluding hydrogens is 373 g/mol. The molecule has 144 valence electrons. The van der Waals surface area contributed by atoms with Crippen LogP contribution in [0, 0.1) is 0 Å². The molecule has 0 spiro atoms. The molecule has 26 heavy (non-hydrogen) atoms. The predicted molar refractivity (Wildman–Crippen MR) is 109 cm³/mol. The maximum absolute atomic E-state index is 8.92. The van der Waals surface area contributed by atoms with Gasteiger partial charge in [-0.2, -0.15) is 0 Å². The summed E-state index contributed by atoms with van der Waals surface area (Å²) in [6.07, 6.45) is 0.778. The average molecular weight is 400 g/mol. The van der Waals surface area contributed by atoms with Crippen molar-refractivity contribution in [2.24, 2.45) is 0 Å². The standard InChI is InChI=1S/C20H26ClNO3.ClH/c1-16(15-23)22-9-10-24-11-12-25-20-8-7-19(21)14-18(20)13-17-5-3-2-4-6-17;/h2-8,14,16,22-23H,9-13,15H2,1H3;1H. The van der Waals surface area contributed by atoms with Crippen LogP contribution in [0.4, 0.5) is 0 Å². The van der Waals surface area contributed by atoms with E-state index in [1.807, 2.05) is 43.3 Å². The van der Waals surface area contributed by atoms with Gasteiger partial charge < -0.3 is 19.9 Å². The Balaban J connectivity index is 0.00000338. The largest absolute Gasteiger partial charge is 0.491 e. The van der Waals surface area contributed by atoms with Crippen LogP contribution in [0.2, 0.25) is 5.02 Å². The summed E-state index contributed by atoms with van der Waals surface area (Å²) < 4.78 is 11.4. The fraction of sp³-hybridized carbons (Fsp3) is 0.400. The van der Waals surface area contributed by atoms with E-state index in [1.54, 1.807) is 0 Å². The summed E-state index contributed by atoms with van der Waals surface area (Å²) in [5.74, 6) is 0.837. The molecule has 0 aliphatic heterocycles. The molecule has 0 aromatic heterocycles. The Kier molecular flexibility index (Phi) is 11.3. The van der Waals surface area contributed by atoms with Crippen molar-refractivity contribution in [3.63, 3.8) is 0 Å². The Labute approximate surface area is 166 Å². The van der Waals surface area contributed by atoms with Gasteiger partial charge in [0.1, 0.15) is 12.4 Å². The lowest BCUT2D eigenvalue weighted by atomic mass is 10.0. The molecule has 2 N–H and O–H groups in total. The summed E-state index contributed by atoms with van der Waals surface area (Å²) in [7, 11) is 0. The zero-order valence-corrected chi connectivity index (χ0v) is 16.6. The van der Waals surface area contributed by atoms with Crippen molar-refractivity contribution in [3.8, 4) is 5.75 Å². The van der Waals surface area contributed by atoms with E-state index in [0.717, 1.165) is 17.7 Å². The van der Waals surface area contributed by atoms with E-state index in [-0.39, 0.29) is 25.1 Å². The van der Waals surface area contributed by atoms with E-state index < -0.39 is 0 Å². The van der Waals surface area contributed by atoms with Gasteiger partial charge in [0.25, 0.3) is 0 Å². The molecule has 0 bridgehead atoms. The van der Waals surface area contributed by atoms with E-state index in [0.29, 0.717) is 31.4 Å². The first kappa shape index (κ1) is 22.7. The predicted octanol–water partition coefficient (Wildman–Crippen LogP) is 3.72. The van der Waals surface area contributed by atoms with Gasteiger partial charge in [-0.05, 0) is 36.2 Å². The molecule has 0 aliphatic rings. The molecule has 6 heteroatoms. The molecule has 0 heterocycles. The van der Waals surface area contributed by atoms with Crippen molar-refractivity contribution in [2.75, 3.05) is 33.0 Å². The van der Waals surface area contributed by atoms with Gasteiger partial charge in [0.05, 0.1) is 19.8 Å². The normalized spacial score (nSPS) is 11.7. The van der Waals surface area contributed by atoms with Crippen LogP contribution in [0.25, 0.3) is 0 Å². The number of ether oxygens (including phenoxy) is 2. The van der Waals surface area contributed by atoms with Crippen LogP contribution >= 0.6 is 24.0 Å². The van der Waals surface area contributed by atoms with Gasteiger partial charge in [-0.1, -0.05) is 41.9 Å². The van der Waals surface area contributed by atoms with Gasteiger partial charge in [0.2, 0.25) is 0 Å². The smallest absolute Gasteiger partial charge is 0.123 e. The van der Waals surface area contributed by atoms with Gasteiger partial charge >= 0.3 is 0 Å². The van der Waals surface area contributed by atoms with Crippen LogP contribution in [0.1, 0.15) is 18.1 Å². The highest BCUT2D eigenvalue weighted by Gasteiger charge is 2.06. The van der Waals surface area contributed by atoms with Gasteiger partial charge in [-0.25, -0.2) is 0 Å². The highest BCUT2D eigenvalue weighted by atomic mass is 35.5. The molecule has 0 radical (unpaired) electrons. The second-order valence-electron chi connectivity index (χ2n) is 5.91. The highest BCUT2D eigenvalue weighted by molar-refractivity contribution is 6.30. The SMILES string of the molecule is CC(CO)NCCOCCOc1ccc(Cl)cc1Cc1ccccc1.Cl. The molecular formula is C20H27Cl2NO3. The number of hydrogen-bond acceptors (Lipinski definition) is 4. The quantitative estimate of drug-likeness (QED) is 0.565. The van der Waals surface area contributed by atoms with Gasteiger partial charge in [-0.3, -0.25) is 0 Å². The average Bonchev–Trinajstić information content (AvgIpc) is 2.63. The molecule has 2 aromatic carbocycles. The van der Waals surface area contributed by atoms with Crippen molar-refractivity contribution in [2.45, 2.75) is 19.4 Å². The first-order chi connectivity index (χ1) is 12.2. The Morgan fingerprint density at radius 1 is 1.08 bits per heavy atom. The summed E-state index contributed by atoms with van der Waals surface area (Å²) >= 11 is 6.13. The first-order valence-electron chi connectivity index (χ1n) is 8.56. The molecule has 0 saturated carbocycles. The molecule has 2 rings (SSSR count). The Hall–Kier alpha value is -1.30. The lowest BCUT2D eigenvalue weighted by molar-refractivity contribution is 0.0986. The Bertz CT molecular complexity index is 626.